The molecule has 2 aromatic carbocycles. The van der Waals surface area contributed by atoms with Crippen molar-refractivity contribution in [1.82, 2.24) is 25.2 Å². The van der Waals surface area contributed by atoms with Crippen LogP contribution in [0.5, 0.6) is 6.01 Å². The topological polar surface area (TPSA) is 92.4 Å². The van der Waals surface area contributed by atoms with Gasteiger partial charge < -0.3 is 20.7 Å². The lowest BCUT2D eigenvalue weighted by atomic mass is 9.90. The van der Waals surface area contributed by atoms with Crippen LogP contribution in [0.15, 0.2) is 18.2 Å². The fraction of sp³-hybridized carbons (Fsp3) is 0.500. The van der Waals surface area contributed by atoms with E-state index in [1.807, 2.05) is 0 Å². The smallest absolute Gasteiger partial charge is 0.319 e. The van der Waals surface area contributed by atoms with Crippen LogP contribution in [0.3, 0.4) is 0 Å². The maximum absolute atomic E-state index is 16.7. The van der Waals surface area contributed by atoms with Crippen molar-refractivity contribution in [1.29, 1.82) is 0 Å². The van der Waals surface area contributed by atoms with E-state index < -0.39 is 23.3 Å². The van der Waals surface area contributed by atoms with Crippen LogP contribution >= 0.6 is 22.9 Å². The first-order valence-electron chi connectivity index (χ1n) is 14.8. The summed E-state index contributed by atoms with van der Waals surface area (Å²) in [7, 11) is 0. The van der Waals surface area contributed by atoms with Gasteiger partial charge in [-0.15, -0.1) is 0 Å². The van der Waals surface area contributed by atoms with Crippen molar-refractivity contribution in [2.24, 2.45) is 11.8 Å². The predicted octanol–water partition coefficient (Wildman–Crippen LogP) is 5.42. The van der Waals surface area contributed by atoms with Crippen molar-refractivity contribution < 1.29 is 17.9 Å². The van der Waals surface area contributed by atoms with Crippen molar-refractivity contribution in [3.63, 3.8) is 0 Å². The fourth-order valence-electron chi connectivity index (χ4n) is 7.80. The van der Waals surface area contributed by atoms with Crippen LogP contribution in [0.1, 0.15) is 25.7 Å². The van der Waals surface area contributed by atoms with E-state index in [9.17, 15) is 8.78 Å². The molecule has 0 bridgehead atoms. The van der Waals surface area contributed by atoms with E-state index in [-0.39, 0.29) is 44.1 Å². The monoisotopic (exact) mass is 629 g/mol. The van der Waals surface area contributed by atoms with E-state index in [4.69, 9.17) is 27.1 Å². The van der Waals surface area contributed by atoms with Crippen molar-refractivity contribution in [2.45, 2.75) is 37.4 Å². The minimum absolute atomic E-state index is 0.0494. The van der Waals surface area contributed by atoms with Gasteiger partial charge in [-0.1, -0.05) is 22.9 Å². The molecule has 226 valence electrons. The third kappa shape index (κ3) is 4.51. The first-order chi connectivity index (χ1) is 20.8. The minimum Gasteiger partial charge on any atom is -0.461 e. The van der Waals surface area contributed by atoms with Crippen LogP contribution in [0.4, 0.5) is 24.1 Å². The number of ether oxygens (including phenoxy) is 1. The zero-order valence-corrected chi connectivity index (χ0v) is 25.0. The number of hydrogen-bond donors (Lipinski definition) is 2. The average molecular weight is 630 g/mol. The van der Waals surface area contributed by atoms with Crippen molar-refractivity contribution in [3.05, 3.63) is 34.9 Å². The number of nitrogens with zero attached hydrogens (tertiary/aromatic N) is 5. The Kier molecular flexibility index (Phi) is 6.63. The van der Waals surface area contributed by atoms with Gasteiger partial charge in [-0.05, 0) is 68.9 Å². The quantitative estimate of drug-likeness (QED) is 0.302. The number of rotatable bonds is 5. The van der Waals surface area contributed by atoms with Crippen molar-refractivity contribution >= 4 is 55.0 Å². The molecule has 43 heavy (non-hydrogen) atoms. The number of hydrogen-bond acceptors (Lipinski definition) is 9. The molecule has 8 nitrogen and oxygen atoms in total. The molecule has 4 fully saturated rings. The predicted molar refractivity (Wildman–Crippen MR) is 163 cm³/mol. The number of halogens is 4. The lowest BCUT2D eigenvalue weighted by Crippen LogP contribution is -2.43. The molecule has 0 saturated carbocycles. The number of benzene rings is 2. The molecule has 4 aliphatic heterocycles. The molecule has 3 N–H and O–H groups in total. The number of anilines is 2. The molecule has 2 aromatic heterocycles. The van der Waals surface area contributed by atoms with Crippen LogP contribution in [0.2, 0.25) is 5.02 Å². The summed E-state index contributed by atoms with van der Waals surface area (Å²) < 4.78 is 52.2. The number of nitrogens with two attached hydrogens (primary N) is 1. The summed E-state index contributed by atoms with van der Waals surface area (Å²) in [5, 5.41) is 4.27. The SMILES string of the molecule is Nc1nc2c(-c3c(Cl)cc4c(N5CC6CCNCC6C5)nc(OC[C@@]56CCCN5C[C@H](F)C6)nc4c3F)ccc(F)c2s1. The van der Waals surface area contributed by atoms with Gasteiger partial charge in [0.2, 0.25) is 0 Å². The van der Waals surface area contributed by atoms with E-state index in [1.54, 1.807) is 6.07 Å². The van der Waals surface area contributed by atoms with Gasteiger partial charge in [-0.25, -0.2) is 18.2 Å². The average Bonchev–Trinajstić information content (AvgIpc) is 3.74. The molecular weight excluding hydrogens is 599 g/mol. The van der Waals surface area contributed by atoms with Gasteiger partial charge in [0.05, 0.1) is 20.8 Å². The molecule has 4 aromatic rings. The number of alkyl halides is 1. The number of piperidine rings is 1. The number of nitrogens with one attached hydrogen (secondary N) is 1. The van der Waals surface area contributed by atoms with Crippen LogP contribution in [0, 0.1) is 23.5 Å². The Morgan fingerprint density at radius 1 is 1.14 bits per heavy atom. The van der Waals surface area contributed by atoms with E-state index in [1.165, 1.54) is 12.1 Å². The lowest BCUT2D eigenvalue weighted by molar-refractivity contribution is 0.107. The van der Waals surface area contributed by atoms with Crippen LogP contribution < -0.4 is 20.7 Å². The van der Waals surface area contributed by atoms with Gasteiger partial charge >= 0.3 is 6.01 Å². The van der Waals surface area contributed by atoms with Gasteiger partial charge in [0.15, 0.2) is 10.9 Å². The molecule has 4 aliphatic rings. The molecule has 0 aliphatic carbocycles. The van der Waals surface area contributed by atoms with Crippen LogP contribution in [0.25, 0.3) is 32.2 Å². The van der Waals surface area contributed by atoms with Gasteiger partial charge in [0.1, 0.15) is 29.9 Å². The molecule has 4 atom stereocenters. The van der Waals surface area contributed by atoms with E-state index in [0.717, 1.165) is 63.3 Å². The summed E-state index contributed by atoms with van der Waals surface area (Å²) in [5.41, 5.74) is 6.20. The summed E-state index contributed by atoms with van der Waals surface area (Å²) in [4.78, 5) is 18.1. The molecule has 6 heterocycles. The Morgan fingerprint density at radius 3 is 2.86 bits per heavy atom. The number of nitrogen functional groups attached to an aromatic ring is 1. The van der Waals surface area contributed by atoms with Gasteiger partial charge in [-0.2, -0.15) is 9.97 Å². The molecule has 13 heteroatoms. The molecule has 0 amide bonds. The highest BCUT2D eigenvalue weighted by Crippen LogP contribution is 2.44. The zero-order chi connectivity index (χ0) is 29.5. The third-order valence-corrected chi connectivity index (χ3v) is 11.0. The summed E-state index contributed by atoms with van der Waals surface area (Å²) >= 11 is 7.80. The zero-order valence-electron chi connectivity index (χ0n) is 23.4. The second-order valence-corrected chi connectivity index (χ2v) is 13.8. The Morgan fingerprint density at radius 2 is 2.00 bits per heavy atom. The highest BCUT2D eigenvalue weighted by molar-refractivity contribution is 7.22. The second kappa shape index (κ2) is 10.3. The normalized spacial score (nSPS) is 27.3. The van der Waals surface area contributed by atoms with Gasteiger partial charge in [-0.3, -0.25) is 4.90 Å². The van der Waals surface area contributed by atoms with E-state index >= 15 is 4.39 Å². The summed E-state index contributed by atoms with van der Waals surface area (Å²) in [6.07, 6.45) is 2.39. The minimum atomic E-state index is -0.895. The van der Waals surface area contributed by atoms with Crippen LogP contribution in [-0.2, 0) is 0 Å². The molecule has 8 rings (SSSR count). The third-order valence-electron chi connectivity index (χ3n) is 9.83. The highest BCUT2D eigenvalue weighted by Gasteiger charge is 2.49. The van der Waals surface area contributed by atoms with Crippen LogP contribution in [-0.4, -0.2) is 77.4 Å². The van der Waals surface area contributed by atoms with E-state index in [2.05, 4.69) is 25.1 Å². The van der Waals surface area contributed by atoms with Crippen molar-refractivity contribution in [2.75, 3.05) is 56.5 Å². The standard InChI is InChI=1S/C30H31ClF3N7OS/c31-20-8-19-24(23(34)22(20)18-2-3-21(33)26-25(18)37-28(35)43-26)38-29(42-14-30-5-1-7-41(30)13-17(32)9-30)39-27(19)40-11-15-4-6-36-10-16(15)12-40/h2-3,8,15-17,36H,1,4-7,9-14H2,(H2,35,37)/t15?,16?,17-,30+/m1/s1. The Hall–Kier alpha value is -2.93. The summed E-state index contributed by atoms with van der Waals surface area (Å²) in [5.74, 6) is 0.372. The fourth-order valence-corrected chi connectivity index (χ4v) is 8.86. The summed E-state index contributed by atoms with van der Waals surface area (Å²) in [6.45, 7) is 4.92. The molecule has 0 spiro atoms. The largest absolute Gasteiger partial charge is 0.461 e. The highest BCUT2D eigenvalue weighted by atomic mass is 35.5. The Balaban J connectivity index is 1.26. The van der Waals surface area contributed by atoms with Crippen molar-refractivity contribution in [3.8, 4) is 17.1 Å². The second-order valence-electron chi connectivity index (χ2n) is 12.4. The molecule has 4 saturated heterocycles. The van der Waals surface area contributed by atoms with E-state index in [0.29, 0.717) is 41.6 Å². The number of aromatic nitrogens is 3. The number of thiazole rings is 1. The molecule has 0 radical (unpaired) electrons. The Bertz CT molecular complexity index is 1740. The Labute approximate surface area is 255 Å². The first-order valence-corrected chi connectivity index (χ1v) is 16.0. The number of fused-ring (bicyclic) bond motifs is 4. The van der Waals surface area contributed by atoms with Gasteiger partial charge in [0, 0.05) is 42.6 Å². The summed E-state index contributed by atoms with van der Waals surface area (Å²) in [6, 6.07) is 4.46. The molecular formula is C30H31ClF3N7OS. The first kappa shape index (κ1) is 27.6. The maximum Gasteiger partial charge on any atom is 0.319 e. The van der Waals surface area contributed by atoms with Gasteiger partial charge in [0.25, 0.3) is 0 Å². The molecule has 2 unspecified atom stereocenters. The lowest BCUT2D eigenvalue weighted by Gasteiger charge is -2.31. The maximum atomic E-state index is 16.7.